The molecule has 0 saturated carbocycles. The number of ketones is 1. The van der Waals surface area contributed by atoms with Gasteiger partial charge in [-0.25, -0.2) is 0 Å². The molecule has 3 fully saturated rings. The van der Waals surface area contributed by atoms with Crippen molar-refractivity contribution in [3.05, 3.63) is 23.4 Å². The van der Waals surface area contributed by atoms with E-state index in [9.17, 15) is 4.79 Å². The number of fused-ring (bicyclic) bond motifs is 3. The summed E-state index contributed by atoms with van der Waals surface area (Å²) in [5.41, 5.74) is 1.70. The first-order chi connectivity index (χ1) is 11.7. The van der Waals surface area contributed by atoms with E-state index in [0.717, 1.165) is 43.6 Å². The van der Waals surface area contributed by atoms with Gasteiger partial charge < -0.3 is 19.1 Å². The molecule has 0 unspecified atom stereocenters. The van der Waals surface area contributed by atoms with Crippen LogP contribution in [0.25, 0.3) is 6.08 Å². The number of piperidine rings is 3. The zero-order valence-corrected chi connectivity index (χ0v) is 14.6. The Bertz CT molecular complexity index is 620. The summed E-state index contributed by atoms with van der Waals surface area (Å²) >= 11 is 0. The van der Waals surface area contributed by atoms with Crippen molar-refractivity contribution in [3.8, 4) is 17.2 Å². The Balaban J connectivity index is 1.96. The number of hydrogen-bond acceptors (Lipinski definition) is 5. The average Bonchev–Trinajstić information content (AvgIpc) is 2.63. The third-order valence-corrected chi connectivity index (χ3v) is 4.70. The van der Waals surface area contributed by atoms with Gasteiger partial charge in [0, 0.05) is 19.0 Å². The lowest BCUT2D eigenvalue weighted by Gasteiger charge is -2.41. The molecule has 24 heavy (non-hydrogen) atoms. The van der Waals surface area contributed by atoms with Crippen molar-refractivity contribution in [2.75, 3.05) is 33.9 Å². The molecule has 5 heteroatoms. The highest BCUT2D eigenvalue weighted by molar-refractivity contribution is 6.02. The van der Waals surface area contributed by atoms with Crippen LogP contribution in [0.1, 0.15) is 31.7 Å². The van der Waals surface area contributed by atoms with Crippen molar-refractivity contribution in [1.29, 1.82) is 0 Å². The minimum Gasteiger partial charge on any atom is -0.493 e. The van der Waals surface area contributed by atoms with E-state index >= 15 is 0 Å². The number of nitrogens with zero attached hydrogens (tertiary/aromatic N) is 1. The maximum atomic E-state index is 12.5. The number of hydrogen-bond donors (Lipinski definition) is 0. The summed E-state index contributed by atoms with van der Waals surface area (Å²) in [7, 11) is 3.23. The molecule has 0 amide bonds. The van der Waals surface area contributed by atoms with Gasteiger partial charge >= 0.3 is 0 Å². The molecule has 0 atom stereocenters. The van der Waals surface area contributed by atoms with Gasteiger partial charge in [0.1, 0.15) is 0 Å². The van der Waals surface area contributed by atoms with Crippen LogP contribution >= 0.6 is 0 Å². The third-order valence-electron chi connectivity index (χ3n) is 4.70. The molecule has 2 bridgehead atoms. The lowest BCUT2D eigenvalue weighted by molar-refractivity contribution is -0.125. The number of carbonyl (C=O) groups excluding carboxylic acids is 1. The van der Waals surface area contributed by atoms with Crippen LogP contribution in [0.3, 0.4) is 0 Å². The van der Waals surface area contributed by atoms with Gasteiger partial charge in [-0.1, -0.05) is 6.92 Å². The Morgan fingerprint density at radius 1 is 1.17 bits per heavy atom. The number of rotatable bonds is 6. The van der Waals surface area contributed by atoms with Crippen molar-refractivity contribution < 1.29 is 19.0 Å². The number of methoxy groups -OCH3 is 2. The predicted octanol–water partition coefficient (Wildman–Crippen LogP) is 3.13. The summed E-state index contributed by atoms with van der Waals surface area (Å²) in [6.07, 6.45) is 4.81. The molecule has 0 radical (unpaired) electrons. The Morgan fingerprint density at radius 3 is 2.29 bits per heavy atom. The molecule has 0 aromatic heterocycles. The quantitative estimate of drug-likeness (QED) is 0.750. The van der Waals surface area contributed by atoms with E-state index in [1.807, 2.05) is 18.2 Å². The average molecular weight is 331 g/mol. The monoisotopic (exact) mass is 331 g/mol. The number of carbonyl (C=O) groups is 1. The van der Waals surface area contributed by atoms with Crippen LogP contribution in [0.4, 0.5) is 0 Å². The molecular weight excluding hydrogens is 306 g/mol. The molecule has 4 rings (SSSR count). The second-order valence-electron chi connectivity index (χ2n) is 6.26. The van der Waals surface area contributed by atoms with Gasteiger partial charge in [0.05, 0.1) is 26.5 Å². The fourth-order valence-corrected chi connectivity index (χ4v) is 3.40. The molecule has 0 N–H and O–H groups in total. The van der Waals surface area contributed by atoms with Crippen LogP contribution < -0.4 is 14.2 Å². The largest absolute Gasteiger partial charge is 0.493 e. The van der Waals surface area contributed by atoms with Crippen molar-refractivity contribution in [2.24, 2.45) is 5.92 Å². The van der Waals surface area contributed by atoms with Gasteiger partial charge in [-0.05, 0) is 43.0 Å². The Labute approximate surface area is 143 Å². The van der Waals surface area contributed by atoms with Crippen LogP contribution in [0.5, 0.6) is 17.2 Å². The number of Topliss-reactive ketones (excluding diaryl/α,β-unsaturated/α-hetero) is 1. The van der Waals surface area contributed by atoms with Crippen LogP contribution in [0.15, 0.2) is 17.8 Å². The topological polar surface area (TPSA) is 48.0 Å². The van der Waals surface area contributed by atoms with Crippen LogP contribution in [0, 0.1) is 5.92 Å². The van der Waals surface area contributed by atoms with E-state index in [4.69, 9.17) is 14.2 Å². The van der Waals surface area contributed by atoms with Crippen LogP contribution in [-0.4, -0.2) is 44.6 Å². The summed E-state index contributed by atoms with van der Waals surface area (Å²) in [5, 5.41) is 0. The lowest BCUT2D eigenvalue weighted by atomic mass is 9.84. The van der Waals surface area contributed by atoms with Crippen molar-refractivity contribution >= 4 is 11.9 Å². The van der Waals surface area contributed by atoms with E-state index < -0.39 is 0 Å². The fourth-order valence-electron chi connectivity index (χ4n) is 3.40. The fraction of sp³-hybridized carbons (Fsp3) is 0.526. The molecule has 5 nitrogen and oxygen atoms in total. The van der Waals surface area contributed by atoms with Crippen LogP contribution in [-0.2, 0) is 4.79 Å². The van der Waals surface area contributed by atoms with E-state index in [2.05, 4.69) is 11.8 Å². The number of ether oxygens (including phenoxy) is 3. The van der Waals surface area contributed by atoms with Crippen LogP contribution in [0.2, 0.25) is 0 Å². The summed E-state index contributed by atoms with van der Waals surface area (Å²) in [5.74, 6) is 2.31. The van der Waals surface area contributed by atoms with Gasteiger partial charge in [0.2, 0.25) is 5.75 Å². The van der Waals surface area contributed by atoms with E-state index in [-0.39, 0.29) is 11.7 Å². The molecule has 3 saturated heterocycles. The van der Waals surface area contributed by atoms with Crippen molar-refractivity contribution in [3.63, 3.8) is 0 Å². The minimum atomic E-state index is 0.192. The molecule has 130 valence electrons. The molecule has 0 aliphatic carbocycles. The lowest BCUT2D eigenvalue weighted by Crippen LogP contribution is -2.45. The first-order valence-electron chi connectivity index (χ1n) is 8.57. The third kappa shape index (κ3) is 3.07. The van der Waals surface area contributed by atoms with E-state index in [1.54, 1.807) is 14.2 Å². The highest BCUT2D eigenvalue weighted by Crippen LogP contribution is 2.40. The SMILES string of the molecule is CCCOc1c(OC)cc(/C=C2/C(=O)C3CCN2CC3)cc1OC. The smallest absolute Gasteiger partial charge is 0.203 e. The summed E-state index contributed by atoms with van der Waals surface area (Å²) in [6.45, 7) is 4.58. The van der Waals surface area contributed by atoms with Gasteiger partial charge in [-0.15, -0.1) is 0 Å². The standard InChI is InChI=1S/C19H25NO4/c1-4-9-24-19-16(22-2)11-13(12-17(19)23-3)10-15-18(21)14-5-7-20(15)8-6-14/h10-12,14H,4-9H2,1-3H3/b15-10-. The summed E-state index contributed by atoms with van der Waals surface area (Å²) < 4.78 is 16.7. The predicted molar refractivity (Wildman–Crippen MR) is 92.6 cm³/mol. The molecule has 1 aromatic carbocycles. The normalized spacial score (nSPS) is 19.0. The van der Waals surface area contributed by atoms with Crippen molar-refractivity contribution in [1.82, 2.24) is 4.90 Å². The summed E-state index contributed by atoms with van der Waals surface area (Å²) in [4.78, 5) is 14.7. The molecule has 3 heterocycles. The second kappa shape index (κ2) is 7.16. The number of allylic oxidation sites excluding steroid dienone is 1. The van der Waals surface area contributed by atoms with Gasteiger partial charge in [-0.2, -0.15) is 0 Å². The Morgan fingerprint density at radius 2 is 1.79 bits per heavy atom. The molecule has 3 aliphatic heterocycles. The highest BCUT2D eigenvalue weighted by Gasteiger charge is 2.36. The number of benzene rings is 1. The first kappa shape index (κ1) is 16.7. The first-order valence-corrected chi connectivity index (χ1v) is 8.57. The zero-order valence-electron chi connectivity index (χ0n) is 14.6. The molecular formula is C19H25NO4. The second-order valence-corrected chi connectivity index (χ2v) is 6.26. The van der Waals surface area contributed by atoms with Gasteiger partial charge in [0.15, 0.2) is 17.3 Å². The Hall–Kier alpha value is -2.17. The van der Waals surface area contributed by atoms with Gasteiger partial charge in [0.25, 0.3) is 0 Å². The van der Waals surface area contributed by atoms with Crippen molar-refractivity contribution in [2.45, 2.75) is 26.2 Å². The van der Waals surface area contributed by atoms with E-state index in [0.29, 0.717) is 23.9 Å². The Kier molecular flexibility index (Phi) is 4.97. The maximum absolute atomic E-state index is 12.5. The maximum Gasteiger partial charge on any atom is 0.203 e. The summed E-state index contributed by atoms with van der Waals surface area (Å²) in [6, 6.07) is 3.80. The van der Waals surface area contributed by atoms with Gasteiger partial charge in [-0.3, -0.25) is 4.79 Å². The zero-order chi connectivity index (χ0) is 17.1. The minimum absolute atomic E-state index is 0.192. The molecule has 0 spiro atoms. The highest BCUT2D eigenvalue weighted by atomic mass is 16.5. The molecule has 3 aliphatic rings. The molecule has 1 aromatic rings. The van der Waals surface area contributed by atoms with E-state index in [1.165, 1.54) is 0 Å².